The minimum atomic E-state index is 0.448. The van der Waals surface area contributed by atoms with Gasteiger partial charge in [0.2, 0.25) is 0 Å². The minimum Gasteiger partial charge on any atom is -0.383 e. The second-order valence-electron chi connectivity index (χ2n) is 1.85. The predicted octanol–water partition coefficient (Wildman–Crippen LogP) is 1.24. The smallest absolute Gasteiger partial charge is 0.138 e. The molecule has 2 nitrogen and oxygen atoms in total. The number of nitrogens with zero attached hydrogens (tertiary/aromatic N) is 1. The van der Waals surface area contributed by atoms with Gasteiger partial charge in [0.05, 0.1) is 0 Å². The van der Waals surface area contributed by atoms with Gasteiger partial charge in [-0.15, -0.1) is 0 Å². The highest BCUT2D eigenvalue weighted by molar-refractivity contribution is 7.79. The molecule has 0 amide bonds. The first-order valence-corrected chi connectivity index (χ1v) is 3.27. The molecule has 0 spiro atoms. The molecule has 1 rings (SSSR count). The van der Waals surface area contributed by atoms with Crippen LogP contribution < -0.4 is 5.73 Å². The van der Waals surface area contributed by atoms with Gasteiger partial charge in [-0.1, -0.05) is 30.3 Å². The minimum absolute atomic E-state index is 0.448. The van der Waals surface area contributed by atoms with Gasteiger partial charge in [0.15, 0.2) is 0 Å². The maximum Gasteiger partial charge on any atom is 0.138 e. The average Bonchev–Trinajstić information content (AvgIpc) is 2.05. The lowest BCUT2D eigenvalue weighted by Gasteiger charge is -1.95. The maximum atomic E-state index is 5.47. The van der Waals surface area contributed by atoms with Crippen LogP contribution in [0, 0.1) is 0 Å². The summed E-state index contributed by atoms with van der Waals surface area (Å²) < 4.78 is 3.55. The van der Waals surface area contributed by atoms with Gasteiger partial charge in [0.25, 0.3) is 0 Å². The van der Waals surface area contributed by atoms with Crippen LogP contribution in [0.5, 0.6) is 0 Å². The number of thiol groups is 1. The summed E-state index contributed by atoms with van der Waals surface area (Å²) in [5, 5.41) is 0. The van der Waals surface area contributed by atoms with Gasteiger partial charge in [-0.05, 0) is 12.8 Å². The fourth-order valence-corrected chi connectivity index (χ4v) is 0.782. The predicted molar refractivity (Wildman–Crippen MR) is 46.2 cm³/mol. The Morgan fingerprint density at radius 2 is 1.90 bits per heavy atom. The summed E-state index contributed by atoms with van der Waals surface area (Å²) in [6, 6.07) is 9.50. The van der Waals surface area contributed by atoms with E-state index in [1.807, 2.05) is 30.3 Å². The third-order valence-corrected chi connectivity index (χ3v) is 1.39. The summed E-state index contributed by atoms with van der Waals surface area (Å²) in [6.45, 7) is 0. The van der Waals surface area contributed by atoms with Gasteiger partial charge in [-0.2, -0.15) is 0 Å². The van der Waals surface area contributed by atoms with Crippen molar-refractivity contribution in [1.82, 2.24) is 0 Å². The van der Waals surface area contributed by atoms with Crippen LogP contribution in [-0.2, 0) is 0 Å². The van der Waals surface area contributed by atoms with Crippen LogP contribution in [0.1, 0.15) is 5.56 Å². The summed E-state index contributed by atoms with van der Waals surface area (Å²) >= 11 is 3.69. The average molecular weight is 152 g/mol. The molecular weight excluding hydrogens is 144 g/mol. The quantitative estimate of drug-likeness (QED) is 0.354. The van der Waals surface area contributed by atoms with E-state index in [4.69, 9.17) is 5.73 Å². The van der Waals surface area contributed by atoms with E-state index in [2.05, 4.69) is 17.2 Å². The molecule has 0 atom stereocenters. The number of hydrogen-bond donors (Lipinski definition) is 2. The Labute approximate surface area is 65.3 Å². The van der Waals surface area contributed by atoms with Gasteiger partial charge < -0.3 is 5.73 Å². The Balaban J connectivity index is 2.96. The summed E-state index contributed by atoms with van der Waals surface area (Å²) in [5.41, 5.74) is 6.37. The van der Waals surface area contributed by atoms with Crippen LogP contribution in [0.25, 0.3) is 0 Å². The van der Waals surface area contributed by atoms with Crippen molar-refractivity contribution in [3.8, 4) is 0 Å². The zero-order valence-electron chi connectivity index (χ0n) is 5.36. The van der Waals surface area contributed by atoms with E-state index < -0.39 is 0 Å². The molecule has 0 heterocycles. The van der Waals surface area contributed by atoms with Gasteiger partial charge in [-0.3, -0.25) is 0 Å². The van der Waals surface area contributed by atoms with Crippen molar-refractivity contribution < 1.29 is 0 Å². The molecule has 1 aromatic rings. The third kappa shape index (κ3) is 1.51. The van der Waals surface area contributed by atoms with Crippen LogP contribution in [0.15, 0.2) is 34.7 Å². The second kappa shape index (κ2) is 3.27. The molecule has 0 aliphatic heterocycles. The number of nitrogens with two attached hydrogens (primary N) is 1. The highest BCUT2D eigenvalue weighted by Gasteiger charge is 1.92. The number of rotatable bonds is 1. The van der Waals surface area contributed by atoms with Gasteiger partial charge in [-0.25, -0.2) is 4.40 Å². The largest absolute Gasteiger partial charge is 0.383 e. The molecule has 0 saturated heterocycles. The summed E-state index contributed by atoms with van der Waals surface area (Å²) in [6.07, 6.45) is 0. The lowest BCUT2D eigenvalue weighted by atomic mass is 10.2. The topological polar surface area (TPSA) is 38.4 Å². The zero-order valence-corrected chi connectivity index (χ0v) is 6.25. The molecule has 0 bridgehead atoms. The fourth-order valence-electron chi connectivity index (χ4n) is 0.667. The Morgan fingerprint density at radius 1 is 1.30 bits per heavy atom. The monoisotopic (exact) mass is 152 g/mol. The van der Waals surface area contributed by atoms with Crippen molar-refractivity contribution in [2.75, 3.05) is 0 Å². The molecule has 10 heavy (non-hydrogen) atoms. The Hall–Kier alpha value is -0.960. The second-order valence-corrected chi connectivity index (χ2v) is 2.05. The summed E-state index contributed by atoms with van der Waals surface area (Å²) in [5.74, 6) is 0.448. The lowest BCUT2D eigenvalue weighted by molar-refractivity contribution is 1.57. The van der Waals surface area contributed by atoms with E-state index in [9.17, 15) is 0 Å². The van der Waals surface area contributed by atoms with Crippen molar-refractivity contribution in [1.29, 1.82) is 0 Å². The zero-order chi connectivity index (χ0) is 7.40. The van der Waals surface area contributed by atoms with Crippen LogP contribution in [-0.4, -0.2) is 5.84 Å². The third-order valence-electron chi connectivity index (χ3n) is 1.18. The maximum absolute atomic E-state index is 5.47. The van der Waals surface area contributed by atoms with Crippen molar-refractivity contribution in [3.63, 3.8) is 0 Å². The molecule has 1 aromatic carbocycles. The number of amidine groups is 1. The SMILES string of the molecule is N/C(=N\S)c1ccccc1. The fraction of sp³-hybridized carbons (Fsp3) is 0. The van der Waals surface area contributed by atoms with Gasteiger partial charge in [0.1, 0.15) is 5.84 Å². The van der Waals surface area contributed by atoms with Crippen molar-refractivity contribution in [2.45, 2.75) is 0 Å². The molecule has 0 fully saturated rings. The number of benzene rings is 1. The molecule has 52 valence electrons. The van der Waals surface area contributed by atoms with Crippen molar-refractivity contribution >= 4 is 18.7 Å². The molecule has 0 aromatic heterocycles. The molecular formula is C7H8N2S. The van der Waals surface area contributed by atoms with E-state index in [0.29, 0.717) is 5.84 Å². The summed E-state index contributed by atoms with van der Waals surface area (Å²) in [7, 11) is 0. The van der Waals surface area contributed by atoms with E-state index in [-0.39, 0.29) is 0 Å². The molecule has 0 unspecified atom stereocenters. The van der Waals surface area contributed by atoms with Crippen LogP contribution in [0.3, 0.4) is 0 Å². The highest BCUT2D eigenvalue weighted by atomic mass is 32.1. The normalized spacial score (nSPS) is 11.5. The standard InChI is InChI=1S/C7H8N2S/c8-7(9-10)6-4-2-1-3-5-6/h1-5,10H,(H2,8,9). The van der Waals surface area contributed by atoms with E-state index in [0.717, 1.165) is 5.56 Å². The van der Waals surface area contributed by atoms with Crippen LogP contribution >= 0.6 is 12.8 Å². The van der Waals surface area contributed by atoms with Crippen molar-refractivity contribution in [3.05, 3.63) is 35.9 Å². The van der Waals surface area contributed by atoms with E-state index in [1.54, 1.807) is 0 Å². The molecule has 0 aliphatic carbocycles. The van der Waals surface area contributed by atoms with Crippen LogP contribution in [0.4, 0.5) is 0 Å². The van der Waals surface area contributed by atoms with Crippen LogP contribution in [0.2, 0.25) is 0 Å². The highest BCUT2D eigenvalue weighted by Crippen LogP contribution is 1.97. The van der Waals surface area contributed by atoms with E-state index in [1.165, 1.54) is 0 Å². The Morgan fingerprint density at radius 3 is 2.40 bits per heavy atom. The molecule has 0 saturated carbocycles. The lowest BCUT2D eigenvalue weighted by Crippen LogP contribution is -2.11. The Kier molecular flexibility index (Phi) is 2.34. The van der Waals surface area contributed by atoms with Gasteiger partial charge >= 0.3 is 0 Å². The Bertz CT molecular complexity index is 231. The first kappa shape index (κ1) is 7.15. The number of hydrogen-bond acceptors (Lipinski definition) is 2. The first-order valence-electron chi connectivity index (χ1n) is 2.87. The van der Waals surface area contributed by atoms with Gasteiger partial charge in [0, 0.05) is 5.56 Å². The molecule has 3 heteroatoms. The summed E-state index contributed by atoms with van der Waals surface area (Å²) in [4.78, 5) is 0. The van der Waals surface area contributed by atoms with Crippen molar-refractivity contribution in [2.24, 2.45) is 10.1 Å². The van der Waals surface area contributed by atoms with E-state index >= 15 is 0 Å². The molecule has 2 N–H and O–H groups in total. The molecule has 0 aliphatic rings. The molecule has 0 radical (unpaired) electrons. The first-order chi connectivity index (χ1) is 4.84.